The van der Waals surface area contributed by atoms with Gasteiger partial charge < -0.3 is 4.42 Å². The lowest BCUT2D eigenvalue weighted by atomic mass is 10.1. The summed E-state index contributed by atoms with van der Waals surface area (Å²) in [5, 5.41) is 7.33. The molecule has 0 aliphatic carbocycles. The first-order valence-electron chi connectivity index (χ1n) is 14.0. The predicted molar refractivity (Wildman–Crippen MR) is 171 cm³/mol. The summed E-state index contributed by atoms with van der Waals surface area (Å²) in [7, 11) is -2.03. The van der Waals surface area contributed by atoms with Crippen LogP contribution in [0.2, 0.25) is 13.1 Å². The Balaban J connectivity index is 1.43. The van der Waals surface area contributed by atoms with Crippen LogP contribution in [0.4, 0.5) is 0 Å². The van der Waals surface area contributed by atoms with Crippen molar-refractivity contribution in [1.82, 2.24) is 14.5 Å². The number of aromatic nitrogens is 3. The molecule has 0 bridgehead atoms. The lowest BCUT2D eigenvalue weighted by Crippen LogP contribution is -2.50. The van der Waals surface area contributed by atoms with Gasteiger partial charge in [-0.3, -0.25) is 4.57 Å². The molecule has 41 heavy (non-hydrogen) atoms. The molecule has 8 aromatic rings. The maximum absolute atomic E-state index is 6.34. The lowest BCUT2D eigenvalue weighted by molar-refractivity contribution is 0.669. The molecule has 0 saturated carbocycles. The van der Waals surface area contributed by atoms with Gasteiger partial charge in [0, 0.05) is 33.2 Å². The maximum atomic E-state index is 6.34. The third-order valence-corrected chi connectivity index (χ3v) is 12.3. The van der Waals surface area contributed by atoms with Crippen molar-refractivity contribution in [2.45, 2.75) is 13.1 Å². The van der Waals surface area contributed by atoms with Crippen molar-refractivity contribution in [3.63, 3.8) is 0 Å². The minimum Gasteiger partial charge on any atom is -0.456 e. The van der Waals surface area contributed by atoms with E-state index in [1.54, 1.807) is 0 Å². The Labute approximate surface area is 237 Å². The van der Waals surface area contributed by atoms with E-state index in [-0.39, 0.29) is 0 Å². The van der Waals surface area contributed by atoms with E-state index in [4.69, 9.17) is 14.4 Å². The largest absolute Gasteiger partial charge is 0.456 e. The lowest BCUT2D eigenvalue weighted by Gasteiger charge is -2.21. The van der Waals surface area contributed by atoms with Gasteiger partial charge in [0.1, 0.15) is 19.2 Å². The molecule has 0 amide bonds. The van der Waals surface area contributed by atoms with Crippen molar-refractivity contribution >= 4 is 62.2 Å². The highest BCUT2D eigenvalue weighted by Crippen LogP contribution is 2.39. The zero-order valence-electron chi connectivity index (χ0n) is 22.7. The van der Waals surface area contributed by atoms with E-state index in [2.05, 4.69) is 121 Å². The van der Waals surface area contributed by atoms with Crippen LogP contribution in [-0.2, 0) is 0 Å². The van der Waals surface area contributed by atoms with Gasteiger partial charge in [-0.25, -0.2) is 9.97 Å². The third-order valence-electron chi connectivity index (χ3n) is 8.80. The van der Waals surface area contributed by atoms with Crippen molar-refractivity contribution < 1.29 is 4.42 Å². The molecule has 0 fully saturated rings. The van der Waals surface area contributed by atoms with E-state index in [0.717, 1.165) is 49.9 Å². The number of para-hydroxylation sites is 2. The van der Waals surface area contributed by atoms with E-state index >= 15 is 0 Å². The third kappa shape index (κ3) is 3.04. The minimum absolute atomic E-state index is 0.686. The normalized spacial score (nSPS) is 13.8. The number of hydrogen-bond donors (Lipinski definition) is 0. The average molecular weight is 544 g/mol. The molecule has 194 valence electrons. The summed E-state index contributed by atoms with van der Waals surface area (Å²) < 4.78 is 8.56. The first-order chi connectivity index (χ1) is 20.1. The van der Waals surface area contributed by atoms with Crippen LogP contribution < -0.4 is 10.4 Å². The van der Waals surface area contributed by atoms with E-state index in [1.165, 1.54) is 26.7 Å². The molecule has 5 heteroatoms. The Hall–Kier alpha value is -5.00. The second-order valence-corrected chi connectivity index (χ2v) is 15.7. The van der Waals surface area contributed by atoms with Crippen molar-refractivity contribution in [2.75, 3.05) is 0 Å². The van der Waals surface area contributed by atoms with Gasteiger partial charge in [0.15, 0.2) is 0 Å². The quantitative estimate of drug-likeness (QED) is 0.208. The first-order valence-corrected chi connectivity index (χ1v) is 17.0. The molecule has 0 N–H and O–H groups in total. The number of hydrogen-bond acceptors (Lipinski definition) is 3. The number of furan rings is 1. The van der Waals surface area contributed by atoms with Crippen molar-refractivity contribution in [2.24, 2.45) is 0 Å². The van der Waals surface area contributed by atoms with Crippen molar-refractivity contribution in [3.8, 4) is 28.5 Å². The van der Waals surface area contributed by atoms with Crippen LogP contribution in [0.25, 0.3) is 72.2 Å². The molecule has 4 nitrogen and oxygen atoms in total. The van der Waals surface area contributed by atoms with E-state index in [0.29, 0.717) is 5.95 Å². The smallest absolute Gasteiger partial charge is 0.235 e. The fraction of sp³-hybridized carbons (Fsp3) is 0.0556. The molecule has 0 saturated heterocycles. The number of nitrogens with zero attached hydrogens (tertiary/aromatic N) is 3. The Morgan fingerprint density at radius 2 is 1.29 bits per heavy atom. The Bertz CT molecular complexity index is 2350. The van der Waals surface area contributed by atoms with Gasteiger partial charge in [0.2, 0.25) is 5.95 Å². The van der Waals surface area contributed by atoms with Gasteiger partial charge in [0.25, 0.3) is 0 Å². The van der Waals surface area contributed by atoms with Crippen LogP contribution in [0, 0.1) is 0 Å². The van der Waals surface area contributed by atoms with Crippen LogP contribution in [0.3, 0.4) is 0 Å². The highest BCUT2D eigenvalue weighted by molar-refractivity contribution is 7.04. The molecule has 0 unspecified atom stereocenters. The highest BCUT2D eigenvalue weighted by atomic mass is 28.3. The molecular weight excluding hydrogens is 519 g/mol. The van der Waals surface area contributed by atoms with E-state index < -0.39 is 8.07 Å². The molecular formula is C36H25N3OSi. The maximum Gasteiger partial charge on any atom is 0.235 e. The number of rotatable bonds is 2. The molecule has 5 aromatic carbocycles. The van der Waals surface area contributed by atoms with Crippen molar-refractivity contribution in [1.29, 1.82) is 0 Å². The van der Waals surface area contributed by atoms with E-state index in [9.17, 15) is 0 Å². The monoisotopic (exact) mass is 543 g/mol. The molecule has 9 rings (SSSR count). The summed E-state index contributed by atoms with van der Waals surface area (Å²) in [5.41, 5.74) is 8.36. The minimum atomic E-state index is -2.03. The van der Waals surface area contributed by atoms with Gasteiger partial charge >= 0.3 is 0 Å². The molecule has 4 heterocycles. The van der Waals surface area contributed by atoms with Gasteiger partial charge in [-0.2, -0.15) is 0 Å². The fourth-order valence-corrected chi connectivity index (χ4v) is 10.1. The predicted octanol–water partition coefficient (Wildman–Crippen LogP) is 7.94. The number of fused-ring (bicyclic) bond motifs is 9. The molecule has 1 aliphatic rings. The summed E-state index contributed by atoms with van der Waals surface area (Å²) >= 11 is 0. The standard InChI is InChI=1S/C36H25N3OSi/c1-41(2)32-19-11-8-16-25(32)34-35(41)33(22-12-4-3-5-13-22)37-36(38-34)39-28-17-9-6-14-23(28)26-20-27-24-15-7-10-18-30(24)40-31(27)21-29(26)39/h3-21H,1-2H3. The summed E-state index contributed by atoms with van der Waals surface area (Å²) in [6, 6.07) is 40.6. The van der Waals surface area contributed by atoms with Crippen LogP contribution in [0.5, 0.6) is 0 Å². The number of benzene rings is 5. The van der Waals surface area contributed by atoms with Crippen molar-refractivity contribution in [3.05, 3.63) is 115 Å². The van der Waals surface area contributed by atoms with E-state index in [1.807, 2.05) is 12.1 Å². The van der Waals surface area contributed by atoms with Gasteiger partial charge in [0.05, 0.1) is 22.4 Å². The first kappa shape index (κ1) is 22.8. The van der Waals surface area contributed by atoms with Crippen LogP contribution >= 0.6 is 0 Å². The SMILES string of the molecule is C[Si]1(C)c2ccccc2-c2nc(-n3c4ccccc4c4cc5c(cc43)oc3ccccc35)nc(-c3ccccc3)c21. The summed E-state index contributed by atoms with van der Waals surface area (Å²) in [6.45, 7) is 4.85. The zero-order valence-corrected chi connectivity index (χ0v) is 23.7. The average Bonchev–Trinajstić information content (AvgIpc) is 3.61. The second-order valence-electron chi connectivity index (χ2n) is 11.4. The molecule has 3 aromatic heterocycles. The van der Waals surface area contributed by atoms with Crippen LogP contribution in [-0.4, -0.2) is 22.6 Å². The highest BCUT2D eigenvalue weighted by Gasteiger charge is 2.41. The summed E-state index contributed by atoms with van der Waals surface area (Å²) in [4.78, 5) is 10.8. The molecule has 0 spiro atoms. The Morgan fingerprint density at radius 1 is 0.585 bits per heavy atom. The summed E-state index contributed by atoms with van der Waals surface area (Å²) in [6.07, 6.45) is 0. The molecule has 0 atom stereocenters. The molecule has 0 radical (unpaired) electrons. The Kier molecular flexibility index (Phi) is 4.46. The molecule has 1 aliphatic heterocycles. The Morgan fingerprint density at radius 3 is 2.17 bits per heavy atom. The fourth-order valence-electron chi connectivity index (χ4n) is 6.91. The van der Waals surface area contributed by atoms with Crippen LogP contribution in [0.15, 0.2) is 120 Å². The summed E-state index contributed by atoms with van der Waals surface area (Å²) in [5.74, 6) is 0.686. The zero-order chi connectivity index (χ0) is 27.3. The van der Waals surface area contributed by atoms with Gasteiger partial charge in [-0.05, 0) is 34.1 Å². The van der Waals surface area contributed by atoms with Gasteiger partial charge in [-0.15, -0.1) is 0 Å². The van der Waals surface area contributed by atoms with Crippen LogP contribution in [0.1, 0.15) is 0 Å². The second kappa shape index (κ2) is 8.02. The topological polar surface area (TPSA) is 43.9 Å². The van der Waals surface area contributed by atoms with Gasteiger partial charge in [-0.1, -0.05) is 104 Å².